The third-order valence-electron chi connectivity index (χ3n) is 3.03. The average Bonchev–Trinajstić information content (AvgIpc) is 2.22. The van der Waals surface area contributed by atoms with E-state index in [0.717, 1.165) is 6.42 Å². The molecule has 0 aliphatic heterocycles. The van der Waals surface area contributed by atoms with Gasteiger partial charge in [-0.3, -0.25) is 0 Å². The molecule has 0 aromatic carbocycles. The Bertz CT molecular complexity index is 208. The molecule has 102 valence electrons. The first-order chi connectivity index (χ1) is 8.04. The van der Waals surface area contributed by atoms with Gasteiger partial charge in [-0.1, -0.05) is 13.8 Å². The molecule has 0 aromatic rings. The number of hydrogen-bond donors (Lipinski definition) is 1. The summed E-state index contributed by atoms with van der Waals surface area (Å²) in [5.41, 5.74) is 0. The summed E-state index contributed by atoms with van der Waals surface area (Å²) in [7, 11) is 1.64. The van der Waals surface area contributed by atoms with Crippen LogP contribution in [0.5, 0.6) is 0 Å². The van der Waals surface area contributed by atoms with E-state index < -0.39 is 0 Å². The fourth-order valence-electron chi connectivity index (χ4n) is 2.19. The molecule has 4 nitrogen and oxygen atoms in total. The summed E-state index contributed by atoms with van der Waals surface area (Å²) >= 11 is 0. The molecular weight excluding hydrogens is 220 g/mol. The largest absolute Gasteiger partial charge is 0.390 e. The summed E-state index contributed by atoms with van der Waals surface area (Å²) in [5, 5.41) is 9.63. The van der Waals surface area contributed by atoms with E-state index in [4.69, 9.17) is 14.2 Å². The molecule has 4 atom stereocenters. The van der Waals surface area contributed by atoms with E-state index in [-0.39, 0.29) is 24.4 Å². The summed E-state index contributed by atoms with van der Waals surface area (Å²) in [5.74, 6) is 0.628. The highest BCUT2D eigenvalue weighted by Gasteiger charge is 2.42. The minimum atomic E-state index is -0.386. The number of methoxy groups -OCH3 is 1. The Balaban J connectivity index is 2.23. The number of ether oxygens (including phenoxy) is 3. The summed E-state index contributed by atoms with van der Waals surface area (Å²) < 4.78 is 16.4. The number of aliphatic hydroxyl groups is 1. The van der Waals surface area contributed by atoms with Crippen molar-refractivity contribution in [1.29, 1.82) is 0 Å². The van der Waals surface area contributed by atoms with E-state index in [1.54, 1.807) is 7.11 Å². The van der Waals surface area contributed by atoms with E-state index in [1.807, 2.05) is 0 Å². The highest BCUT2D eigenvalue weighted by molar-refractivity contribution is 4.92. The van der Waals surface area contributed by atoms with E-state index in [9.17, 15) is 5.11 Å². The van der Waals surface area contributed by atoms with Crippen molar-refractivity contribution in [2.45, 2.75) is 58.0 Å². The maximum absolute atomic E-state index is 9.63. The van der Waals surface area contributed by atoms with Crippen LogP contribution in [0.2, 0.25) is 0 Å². The molecule has 1 N–H and O–H groups in total. The van der Waals surface area contributed by atoms with Crippen LogP contribution in [0.3, 0.4) is 0 Å². The van der Waals surface area contributed by atoms with E-state index in [2.05, 4.69) is 20.8 Å². The number of rotatable bonds is 8. The zero-order valence-corrected chi connectivity index (χ0v) is 11.4. The molecule has 0 bridgehead atoms. The van der Waals surface area contributed by atoms with Gasteiger partial charge >= 0.3 is 0 Å². The van der Waals surface area contributed by atoms with E-state index >= 15 is 0 Å². The Kier molecular flexibility index (Phi) is 6.41. The standard InChI is InChI=1S/C13H26O4/c1-9(2)7-10(3)17-12-8-11(14)13(12)16-6-5-15-4/h9-14H,5-8H2,1-4H3. The van der Waals surface area contributed by atoms with Gasteiger partial charge in [0, 0.05) is 13.5 Å². The molecule has 0 spiro atoms. The van der Waals surface area contributed by atoms with Crippen LogP contribution >= 0.6 is 0 Å². The van der Waals surface area contributed by atoms with E-state index in [0.29, 0.717) is 25.6 Å². The molecule has 0 amide bonds. The third kappa shape index (κ3) is 4.92. The van der Waals surface area contributed by atoms with Crippen LogP contribution in [0.4, 0.5) is 0 Å². The summed E-state index contributed by atoms with van der Waals surface area (Å²) in [6.45, 7) is 7.51. The molecule has 0 aromatic heterocycles. The van der Waals surface area contributed by atoms with Gasteiger partial charge in [0.1, 0.15) is 6.10 Å². The molecule has 4 unspecified atom stereocenters. The van der Waals surface area contributed by atoms with Gasteiger partial charge < -0.3 is 19.3 Å². The molecule has 4 heteroatoms. The first kappa shape index (κ1) is 14.9. The van der Waals surface area contributed by atoms with Crippen LogP contribution in [-0.2, 0) is 14.2 Å². The molecule has 0 saturated heterocycles. The minimum Gasteiger partial charge on any atom is -0.390 e. The Morgan fingerprint density at radius 3 is 2.47 bits per heavy atom. The lowest BCUT2D eigenvalue weighted by atomic mass is 9.87. The molecular formula is C13H26O4. The molecule has 0 radical (unpaired) electrons. The second-order valence-electron chi connectivity index (χ2n) is 5.25. The second kappa shape index (κ2) is 7.31. The van der Waals surface area contributed by atoms with Gasteiger partial charge in [-0.2, -0.15) is 0 Å². The zero-order valence-electron chi connectivity index (χ0n) is 11.4. The summed E-state index contributed by atoms with van der Waals surface area (Å²) in [4.78, 5) is 0. The van der Waals surface area contributed by atoms with Gasteiger partial charge in [-0.15, -0.1) is 0 Å². The second-order valence-corrected chi connectivity index (χ2v) is 5.25. The van der Waals surface area contributed by atoms with Crippen LogP contribution in [0.1, 0.15) is 33.6 Å². The zero-order chi connectivity index (χ0) is 12.8. The Hall–Kier alpha value is -0.160. The van der Waals surface area contributed by atoms with Crippen molar-refractivity contribution in [3.05, 3.63) is 0 Å². The van der Waals surface area contributed by atoms with Crippen LogP contribution < -0.4 is 0 Å². The molecule has 1 aliphatic carbocycles. The Morgan fingerprint density at radius 2 is 1.94 bits per heavy atom. The maximum atomic E-state index is 9.63. The lowest BCUT2D eigenvalue weighted by molar-refractivity contribution is -0.209. The highest BCUT2D eigenvalue weighted by Crippen LogP contribution is 2.29. The lowest BCUT2D eigenvalue weighted by Gasteiger charge is -2.42. The van der Waals surface area contributed by atoms with Crippen molar-refractivity contribution in [3.63, 3.8) is 0 Å². The normalized spacial score (nSPS) is 30.4. The number of aliphatic hydroxyl groups excluding tert-OH is 1. The first-order valence-corrected chi connectivity index (χ1v) is 6.48. The maximum Gasteiger partial charge on any atom is 0.110 e. The Labute approximate surface area is 104 Å². The molecule has 1 fully saturated rings. The van der Waals surface area contributed by atoms with Gasteiger partial charge in [0.25, 0.3) is 0 Å². The van der Waals surface area contributed by atoms with Crippen molar-refractivity contribution in [2.75, 3.05) is 20.3 Å². The smallest absolute Gasteiger partial charge is 0.110 e. The topological polar surface area (TPSA) is 47.9 Å². The van der Waals surface area contributed by atoms with Crippen LogP contribution in [-0.4, -0.2) is 49.8 Å². The minimum absolute atomic E-state index is 0.0376. The van der Waals surface area contributed by atoms with Crippen molar-refractivity contribution < 1.29 is 19.3 Å². The van der Waals surface area contributed by atoms with Crippen molar-refractivity contribution in [2.24, 2.45) is 5.92 Å². The Morgan fingerprint density at radius 1 is 1.24 bits per heavy atom. The van der Waals surface area contributed by atoms with E-state index in [1.165, 1.54) is 0 Å². The number of hydrogen-bond acceptors (Lipinski definition) is 4. The molecule has 17 heavy (non-hydrogen) atoms. The van der Waals surface area contributed by atoms with Gasteiger partial charge in [-0.05, 0) is 19.3 Å². The average molecular weight is 246 g/mol. The van der Waals surface area contributed by atoms with Gasteiger partial charge in [-0.25, -0.2) is 0 Å². The predicted molar refractivity (Wildman–Crippen MR) is 66.0 cm³/mol. The third-order valence-corrected chi connectivity index (χ3v) is 3.03. The van der Waals surface area contributed by atoms with Crippen LogP contribution in [0.25, 0.3) is 0 Å². The predicted octanol–water partition coefficient (Wildman–Crippen LogP) is 1.60. The first-order valence-electron chi connectivity index (χ1n) is 6.48. The molecule has 1 saturated carbocycles. The van der Waals surface area contributed by atoms with Gasteiger partial charge in [0.05, 0.1) is 31.5 Å². The molecule has 0 heterocycles. The van der Waals surface area contributed by atoms with Crippen molar-refractivity contribution in [1.82, 2.24) is 0 Å². The van der Waals surface area contributed by atoms with Crippen molar-refractivity contribution >= 4 is 0 Å². The van der Waals surface area contributed by atoms with Crippen LogP contribution in [0, 0.1) is 5.92 Å². The fraction of sp³-hybridized carbons (Fsp3) is 1.00. The molecule has 1 rings (SSSR count). The highest BCUT2D eigenvalue weighted by atomic mass is 16.6. The van der Waals surface area contributed by atoms with Crippen LogP contribution in [0.15, 0.2) is 0 Å². The quantitative estimate of drug-likeness (QED) is 0.661. The monoisotopic (exact) mass is 246 g/mol. The summed E-state index contributed by atoms with van der Waals surface area (Å²) in [6, 6.07) is 0. The van der Waals surface area contributed by atoms with Crippen molar-refractivity contribution in [3.8, 4) is 0 Å². The SMILES string of the molecule is COCCOC1C(O)CC1OC(C)CC(C)C. The van der Waals surface area contributed by atoms with Gasteiger partial charge in [0.2, 0.25) is 0 Å². The summed E-state index contributed by atoms with van der Waals surface area (Å²) in [6.07, 6.45) is 1.41. The van der Waals surface area contributed by atoms with Gasteiger partial charge in [0.15, 0.2) is 0 Å². The molecule has 1 aliphatic rings. The lowest BCUT2D eigenvalue weighted by Crippen LogP contribution is -2.54. The fourth-order valence-corrected chi connectivity index (χ4v) is 2.19.